The van der Waals surface area contributed by atoms with Crippen molar-refractivity contribution >= 4 is 23.8 Å². The van der Waals surface area contributed by atoms with Gasteiger partial charge in [0, 0.05) is 19.4 Å². The van der Waals surface area contributed by atoms with Gasteiger partial charge in [0.1, 0.15) is 0 Å². The van der Waals surface area contributed by atoms with Crippen molar-refractivity contribution in [1.29, 1.82) is 0 Å². The van der Waals surface area contributed by atoms with E-state index in [2.05, 4.69) is 10.6 Å². The summed E-state index contributed by atoms with van der Waals surface area (Å²) in [7, 11) is 0. The first kappa shape index (κ1) is 17.9. The number of urea groups is 1. The van der Waals surface area contributed by atoms with Gasteiger partial charge in [-0.15, -0.1) is 0 Å². The van der Waals surface area contributed by atoms with Gasteiger partial charge in [0.2, 0.25) is 11.8 Å². The molecule has 8 nitrogen and oxygen atoms in total. The van der Waals surface area contributed by atoms with E-state index in [1.54, 1.807) is 13.8 Å². The van der Waals surface area contributed by atoms with E-state index in [0.29, 0.717) is 6.42 Å². The second-order valence-corrected chi connectivity index (χ2v) is 5.29. The number of carboxylic acid groups (broad SMARTS) is 1. The molecule has 0 aromatic carbocycles. The van der Waals surface area contributed by atoms with Gasteiger partial charge < -0.3 is 16.2 Å². The lowest BCUT2D eigenvalue weighted by molar-refractivity contribution is -0.139. The van der Waals surface area contributed by atoms with E-state index < -0.39 is 29.2 Å². The maximum atomic E-state index is 11.6. The van der Waals surface area contributed by atoms with Gasteiger partial charge in [0.05, 0.1) is 6.42 Å². The Morgan fingerprint density at radius 3 is 2.25 bits per heavy atom. The number of hydrogen-bond donors (Lipinski definition) is 4. The number of carbonyl (C=O) groups excluding carboxylic acids is 3. The molecule has 5 N–H and O–H groups in total. The average molecular weight is 287 g/mol. The number of nitrogens with one attached hydrogen (secondary N) is 2. The molecule has 0 atom stereocenters. The summed E-state index contributed by atoms with van der Waals surface area (Å²) < 4.78 is 0. The zero-order valence-corrected chi connectivity index (χ0v) is 11.7. The van der Waals surface area contributed by atoms with Crippen molar-refractivity contribution < 1.29 is 24.3 Å². The normalized spacial score (nSPS) is 10.7. The van der Waals surface area contributed by atoms with Gasteiger partial charge in [-0.05, 0) is 11.8 Å². The molecule has 0 aliphatic rings. The monoisotopic (exact) mass is 287 g/mol. The summed E-state index contributed by atoms with van der Waals surface area (Å²) in [6, 6.07) is -0.675. The SMILES string of the molecule is CC(C)(CC(=O)O)CC(=O)NC(=O)NCCCC(N)=O. The zero-order valence-electron chi connectivity index (χ0n) is 11.7. The lowest BCUT2D eigenvalue weighted by atomic mass is 9.85. The van der Waals surface area contributed by atoms with E-state index in [1.165, 1.54) is 0 Å². The molecule has 0 unspecified atom stereocenters. The predicted molar refractivity (Wildman–Crippen MR) is 70.6 cm³/mol. The topological polar surface area (TPSA) is 139 Å². The standard InChI is InChI=1S/C12H21N3O5/c1-12(2,7-10(18)19)6-9(17)15-11(20)14-5-3-4-8(13)16/h3-7H2,1-2H3,(H2,13,16)(H,18,19)(H2,14,15,17,20). The smallest absolute Gasteiger partial charge is 0.321 e. The Hall–Kier alpha value is -2.12. The molecular weight excluding hydrogens is 266 g/mol. The van der Waals surface area contributed by atoms with Crippen LogP contribution in [-0.2, 0) is 14.4 Å². The number of aliphatic carboxylic acids is 1. The first-order chi connectivity index (χ1) is 9.12. The van der Waals surface area contributed by atoms with Crippen LogP contribution in [0.1, 0.15) is 39.5 Å². The summed E-state index contributed by atoms with van der Waals surface area (Å²) in [5, 5.41) is 13.2. The molecule has 0 aliphatic heterocycles. The van der Waals surface area contributed by atoms with Crippen LogP contribution in [-0.4, -0.2) is 35.5 Å². The largest absolute Gasteiger partial charge is 0.481 e. The lowest BCUT2D eigenvalue weighted by Crippen LogP contribution is -2.41. The lowest BCUT2D eigenvalue weighted by Gasteiger charge is -2.21. The van der Waals surface area contributed by atoms with Crippen LogP contribution in [0.2, 0.25) is 0 Å². The second kappa shape index (κ2) is 8.13. The van der Waals surface area contributed by atoms with Crippen molar-refractivity contribution in [3.05, 3.63) is 0 Å². The van der Waals surface area contributed by atoms with Crippen LogP contribution < -0.4 is 16.4 Å². The molecule has 0 saturated carbocycles. The minimum absolute atomic E-state index is 0.0754. The molecule has 0 saturated heterocycles. The number of carboxylic acids is 1. The van der Waals surface area contributed by atoms with Crippen molar-refractivity contribution in [2.24, 2.45) is 11.1 Å². The molecular formula is C12H21N3O5. The van der Waals surface area contributed by atoms with Crippen LogP contribution in [0, 0.1) is 5.41 Å². The maximum Gasteiger partial charge on any atom is 0.321 e. The van der Waals surface area contributed by atoms with E-state index >= 15 is 0 Å². The number of carbonyl (C=O) groups is 4. The summed E-state index contributed by atoms with van der Waals surface area (Å²) in [6.07, 6.45) is 0.302. The van der Waals surface area contributed by atoms with Crippen LogP contribution in [0.4, 0.5) is 4.79 Å². The molecule has 0 rings (SSSR count). The van der Waals surface area contributed by atoms with E-state index in [-0.39, 0.29) is 25.8 Å². The van der Waals surface area contributed by atoms with Crippen LogP contribution in [0.3, 0.4) is 0 Å². The molecule has 0 aromatic heterocycles. The number of imide groups is 1. The third-order valence-electron chi connectivity index (χ3n) is 2.41. The molecule has 0 spiro atoms. The fraction of sp³-hybridized carbons (Fsp3) is 0.667. The van der Waals surface area contributed by atoms with Gasteiger partial charge in [-0.25, -0.2) is 4.79 Å². The molecule has 0 fully saturated rings. The van der Waals surface area contributed by atoms with Gasteiger partial charge in [-0.1, -0.05) is 13.8 Å². The highest BCUT2D eigenvalue weighted by molar-refractivity contribution is 5.94. The molecule has 0 heterocycles. The number of amides is 4. The van der Waals surface area contributed by atoms with E-state index in [1.807, 2.05) is 0 Å². The molecule has 0 aliphatic carbocycles. The number of rotatable bonds is 8. The third kappa shape index (κ3) is 9.86. The Morgan fingerprint density at radius 1 is 1.15 bits per heavy atom. The number of hydrogen-bond acceptors (Lipinski definition) is 4. The molecule has 0 bridgehead atoms. The van der Waals surface area contributed by atoms with Gasteiger partial charge in [-0.3, -0.25) is 19.7 Å². The minimum Gasteiger partial charge on any atom is -0.481 e. The summed E-state index contributed by atoms with van der Waals surface area (Å²) in [5.41, 5.74) is 4.20. The highest BCUT2D eigenvalue weighted by atomic mass is 16.4. The quantitative estimate of drug-likeness (QED) is 0.464. The zero-order chi connectivity index (χ0) is 15.8. The van der Waals surface area contributed by atoms with E-state index in [9.17, 15) is 19.2 Å². The first-order valence-electron chi connectivity index (χ1n) is 6.20. The number of nitrogens with two attached hydrogens (primary N) is 1. The van der Waals surface area contributed by atoms with Gasteiger partial charge in [0.15, 0.2) is 0 Å². The molecule has 114 valence electrons. The average Bonchev–Trinajstić information content (AvgIpc) is 2.20. The fourth-order valence-corrected chi connectivity index (χ4v) is 1.59. The van der Waals surface area contributed by atoms with Gasteiger partial charge in [-0.2, -0.15) is 0 Å². The van der Waals surface area contributed by atoms with Gasteiger partial charge >= 0.3 is 12.0 Å². The third-order valence-corrected chi connectivity index (χ3v) is 2.41. The van der Waals surface area contributed by atoms with Crippen molar-refractivity contribution in [2.75, 3.05) is 6.54 Å². The fourth-order valence-electron chi connectivity index (χ4n) is 1.59. The predicted octanol–water partition coefficient (Wildman–Crippen LogP) is -0.0313. The summed E-state index contributed by atoms with van der Waals surface area (Å²) in [6.45, 7) is 3.48. The molecule has 20 heavy (non-hydrogen) atoms. The van der Waals surface area contributed by atoms with Crippen LogP contribution in [0.25, 0.3) is 0 Å². The van der Waals surface area contributed by atoms with Crippen molar-refractivity contribution in [2.45, 2.75) is 39.5 Å². The summed E-state index contributed by atoms with van der Waals surface area (Å²) in [5.74, 6) is -2.01. The highest BCUT2D eigenvalue weighted by Crippen LogP contribution is 2.24. The minimum atomic E-state index is -1.00. The summed E-state index contributed by atoms with van der Waals surface area (Å²) >= 11 is 0. The first-order valence-corrected chi connectivity index (χ1v) is 6.20. The second-order valence-electron chi connectivity index (χ2n) is 5.29. The van der Waals surface area contributed by atoms with Crippen molar-refractivity contribution in [3.63, 3.8) is 0 Å². The molecule has 8 heteroatoms. The summed E-state index contributed by atoms with van der Waals surface area (Å²) in [4.78, 5) is 43.9. The van der Waals surface area contributed by atoms with Crippen LogP contribution in [0.15, 0.2) is 0 Å². The molecule has 4 amide bonds. The number of primary amides is 1. The molecule has 0 radical (unpaired) electrons. The Bertz CT molecular complexity index is 393. The van der Waals surface area contributed by atoms with Crippen LogP contribution >= 0.6 is 0 Å². The Labute approximate surface area is 117 Å². The van der Waals surface area contributed by atoms with Crippen molar-refractivity contribution in [1.82, 2.24) is 10.6 Å². The Morgan fingerprint density at radius 2 is 1.75 bits per heavy atom. The Balaban J connectivity index is 3.98. The van der Waals surface area contributed by atoms with E-state index in [0.717, 1.165) is 0 Å². The van der Waals surface area contributed by atoms with Crippen LogP contribution in [0.5, 0.6) is 0 Å². The van der Waals surface area contributed by atoms with Gasteiger partial charge in [0.25, 0.3) is 0 Å². The highest BCUT2D eigenvalue weighted by Gasteiger charge is 2.25. The Kier molecular flexibility index (Phi) is 7.27. The van der Waals surface area contributed by atoms with E-state index in [4.69, 9.17) is 10.8 Å². The molecule has 0 aromatic rings. The maximum absolute atomic E-state index is 11.6. The van der Waals surface area contributed by atoms with Crippen molar-refractivity contribution in [3.8, 4) is 0 Å².